The minimum atomic E-state index is -0.313. The van der Waals surface area contributed by atoms with Crippen molar-refractivity contribution in [1.29, 1.82) is 0 Å². The van der Waals surface area contributed by atoms with Crippen molar-refractivity contribution in [3.8, 4) is 11.5 Å². The Labute approximate surface area is 162 Å². The monoisotopic (exact) mass is 376 g/mol. The van der Waals surface area contributed by atoms with Gasteiger partial charge >= 0.3 is 0 Å². The van der Waals surface area contributed by atoms with E-state index in [0.717, 1.165) is 5.56 Å². The Balaban J connectivity index is 2.36. The fraction of sp³-hybridized carbons (Fsp3) is 0.619. The zero-order valence-electron chi connectivity index (χ0n) is 17.2. The second kappa shape index (κ2) is 9.11. The third-order valence-electron chi connectivity index (χ3n) is 4.98. The predicted octanol–water partition coefficient (Wildman–Crippen LogP) is 2.67. The van der Waals surface area contributed by atoms with Crippen LogP contribution in [-0.2, 0) is 9.59 Å². The van der Waals surface area contributed by atoms with Crippen LogP contribution in [0.3, 0.4) is 0 Å². The van der Waals surface area contributed by atoms with E-state index in [1.165, 1.54) is 0 Å². The summed E-state index contributed by atoms with van der Waals surface area (Å²) < 4.78 is 10.9. The maximum atomic E-state index is 12.9. The molecule has 0 aliphatic carbocycles. The minimum absolute atomic E-state index is 0.0161. The summed E-state index contributed by atoms with van der Waals surface area (Å²) in [5.41, 5.74) is 0.903. The highest BCUT2D eigenvalue weighted by atomic mass is 16.5. The molecule has 6 heteroatoms. The first-order chi connectivity index (χ1) is 12.8. The first kappa shape index (κ1) is 21.1. The largest absolute Gasteiger partial charge is 0.497 e. The van der Waals surface area contributed by atoms with E-state index in [4.69, 9.17) is 9.47 Å². The van der Waals surface area contributed by atoms with Crippen LogP contribution in [0.1, 0.15) is 39.2 Å². The molecule has 1 aromatic carbocycles. The topological polar surface area (TPSA) is 67.9 Å². The number of nitrogens with one attached hydrogen (secondary N) is 1. The smallest absolute Gasteiger partial charge is 0.225 e. The van der Waals surface area contributed by atoms with Crippen LogP contribution < -0.4 is 14.8 Å². The molecule has 1 aliphatic rings. The van der Waals surface area contributed by atoms with Crippen molar-refractivity contribution in [1.82, 2.24) is 10.2 Å². The lowest BCUT2D eigenvalue weighted by Gasteiger charge is -2.21. The summed E-state index contributed by atoms with van der Waals surface area (Å²) in [5.74, 6) is 1.29. The van der Waals surface area contributed by atoms with Crippen LogP contribution in [0.5, 0.6) is 11.5 Å². The SMILES string of the molecule is COc1ccc(OC)c([C@@H]2CN(C(=O)C(C)C)C[C@H]2C(=O)NCC(C)C)c1. The summed E-state index contributed by atoms with van der Waals surface area (Å²) in [6, 6.07) is 5.60. The van der Waals surface area contributed by atoms with E-state index < -0.39 is 0 Å². The Kier molecular flexibility index (Phi) is 7.11. The number of likely N-dealkylation sites (tertiary alicyclic amines) is 1. The number of amides is 2. The molecule has 0 saturated carbocycles. The van der Waals surface area contributed by atoms with Gasteiger partial charge in [0, 0.05) is 37.0 Å². The molecule has 6 nitrogen and oxygen atoms in total. The third-order valence-corrected chi connectivity index (χ3v) is 4.98. The van der Waals surface area contributed by atoms with E-state index in [-0.39, 0.29) is 29.6 Å². The number of benzene rings is 1. The first-order valence-electron chi connectivity index (χ1n) is 9.56. The summed E-state index contributed by atoms with van der Waals surface area (Å²) >= 11 is 0. The lowest BCUT2D eigenvalue weighted by Crippen LogP contribution is -2.37. The molecule has 1 N–H and O–H groups in total. The predicted molar refractivity (Wildman–Crippen MR) is 105 cm³/mol. The van der Waals surface area contributed by atoms with Crippen molar-refractivity contribution < 1.29 is 19.1 Å². The number of methoxy groups -OCH3 is 2. The molecule has 1 aliphatic heterocycles. The van der Waals surface area contributed by atoms with Crippen LogP contribution in [0.2, 0.25) is 0 Å². The highest BCUT2D eigenvalue weighted by Gasteiger charge is 2.42. The maximum absolute atomic E-state index is 12.9. The molecule has 150 valence electrons. The maximum Gasteiger partial charge on any atom is 0.225 e. The van der Waals surface area contributed by atoms with Crippen LogP contribution >= 0.6 is 0 Å². The fourth-order valence-electron chi connectivity index (χ4n) is 3.49. The average molecular weight is 376 g/mol. The zero-order chi connectivity index (χ0) is 20.1. The van der Waals surface area contributed by atoms with Gasteiger partial charge in [-0.15, -0.1) is 0 Å². The van der Waals surface area contributed by atoms with Crippen molar-refractivity contribution in [3.05, 3.63) is 23.8 Å². The van der Waals surface area contributed by atoms with E-state index in [9.17, 15) is 9.59 Å². The van der Waals surface area contributed by atoms with Crippen LogP contribution in [0.15, 0.2) is 18.2 Å². The lowest BCUT2D eigenvalue weighted by atomic mass is 9.87. The minimum Gasteiger partial charge on any atom is -0.497 e. The van der Waals surface area contributed by atoms with E-state index in [1.54, 1.807) is 19.1 Å². The summed E-state index contributed by atoms with van der Waals surface area (Å²) in [5, 5.41) is 3.03. The lowest BCUT2D eigenvalue weighted by molar-refractivity contribution is -0.133. The summed E-state index contributed by atoms with van der Waals surface area (Å²) in [6.45, 7) is 9.44. The number of hydrogen-bond donors (Lipinski definition) is 1. The van der Waals surface area contributed by atoms with Gasteiger partial charge in [0.15, 0.2) is 0 Å². The molecule has 2 amide bonds. The Morgan fingerprint density at radius 3 is 2.41 bits per heavy atom. The zero-order valence-corrected chi connectivity index (χ0v) is 17.2. The molecule has 0 spiro atoms. The van der Waals surface area contributed by atoms with Crippen LogP contribution in [-0.4, -0.2) is 50.6 Å². The van der Waals surface area contributed by atoms with Gasteiger partial charge in [0.2, 0.25) is 11.8 Å². The number of rotatable bonds is 7. The normalized spacial score (nSPS) is 19.5. The summed E-state index contributed by atoms with van der Waals surface area (Å²) in [7, 11) is 3.23. The number of hydrogen-bond acceptors (Lipinski definition) is 4. The second-order valence-electron chi connectivity index (χ2n) is 7.86. The molecule has 1 saturated heterocycles. The van der Waals surface area contributed by atoms with Gasteiger partial charge in [-0.1, -0.05) is 27.7 Å². The number of nitrogens with zero attached hydrogens (tertiary/aromatic N) is 1. The van der Waals surface area contributed by atoms with Gasteiger partial charge in [-0.05, 0) is 24.1 Å². The molecule has 1 aromatic rings. The van der Waals surface area contributed by atoms with Gasteiger partial charge in [0.25, 0.3) is 0 Å². The molecule has 2 atom stereocenters. The van der Waals surface area contributed by atoms with Crippen molar-refractivity contribution >= 4 is 11.8 Å². The van der Waals surface area contributed by atoms with Crippen LogP contribution in [0.4, 0.5) is 0 Å². The van der Waals surface area contributed by atoms with Crippen LogP contribution in [0.25, 0.3) is 0 Å². The van der Waals surface area contributed by atoms with Gasteiger partial charge in [-0.25, -0.2) is 0 Å². The molecular weight excluding hydrogens is 344 g/mol. The van der Waals surface area contributed by atoms with Gasteiger partial charge in [0.05, 0.1) is 20.1 Å². The van der Waals surface area contributed by atoms with E-state index in [2.05, 4.69) is 19.2 Å². The quantitative estimate of drug-likeness (QED) is 0.794. The Morgan fingerprint density at radius 1 is 1.15 bits per heavy atom. The summed E-state index contributed by atoms with van der Waals surface area (Å²) in [4.78, 5) is 27.3. The molecule has 1 heterocycles. The van der Waals surface area contributed by atoms with Gasteiger partial charge < -0.3 is 19.7 Å². The van der Waals surface area contributed by atoms with Gasteiger partial charge in [-0.2, -0.15) is 0 Å². The van der Waals surface area contributed by atoms with E-state index >= 15 is 0 Å². The Morgan fingerprint density at radius 2 is 1.85 bits per heavy atom. The molecule has 2 rings (SSSR count). The molecule has 0 bridgehead atoms. The number of carbonyl (C=O) groups excluding carboxylic acids is 2. The van der Waals surface area contributed by atoms with Gasteiger partial charge in [-0.3, -0.25) is 9.59 Å². The Hall–Kier alpha value is -2.24. The molecular formula is C21H32N2O4. The Bertz CT molecular complexity index is 672. The van der Waals surface area contributed by atoms with Crippen molar-refractivity contribution in [2.45, 2.75) is 33.6 Å². The van der Waals surface area contributed by atoms with E-state index in [1.807, 2.05) is 32.0 Å². The highest BCUT2D eigenvalue weighted by molar-refractivity contribution is 5.84. The number of carbonyl (C=O) groups is 2. The van der Waals surface area contributed by atoms with Crippen LogP contribution in [0, 0.1) is 17.8 Å². The van der Waals surface area contributed by atoms with E-state index in [0.29, 0.717) is 37.1 Å². The van der Waals surface area contributed by atoms with Gasteiger partial charge in [0.1, 0.15) is 11.5 Å². The third kappa shape index (κ3) is 4.93. The van der Waals surface area contributed by atoms with Crippen molar-refractivity contribution in [3.63, 3.8) is 0 Å². The van der Waals surface area contributed by atoms with Crippen molar-refractivity contribution in [2.75, 3.05) is 33.9 Å². The number of ether oxygens (including phenoxy) is 2. The average Bonchev–Trinajstić information content (AvgIpc) is 3.09. The summed E-state index contributed by atoms with van der Waals surface area (Å²) in [6.07, 6.45) is 0. The molecule has 0 unspecified atom stereocenters. The van der Waals surface area contributed by atoms with Crippen molar-refractivity contribution in [2.24, 2.45) is 17.8 Å². The first-order valence-corrected chi connectivity index (χ1v) is 9.56. The molecule has 1 fully saturated rings. The standard InChI is InChI=1S/C21H32N2O4/c1-13(2)10-22-20(24)18-12-23(21(25)14(3)4)11-17(18)16-9-15(26-5)7-8-19(16)27-6/h7-9,13-14,17-18H,10-12H2,1-6H3,(H,22,24)/t17-,18+/m0/s1. The molecule has 0 aromatic heterocycles. The second-order valence-corrected chi connectivity index (χ2v) is 7.86. The highest BCUT2D eigenvalue weighted by Crippen LogP contribution is 2.39. The molecule has 0 radical (unpaired) electrons. The fourth-order valence-corrected chi connectivity index (χ4v) is 3.49. The molecule has 27 heavy (non-hydrogen) atoms.